The van der Waals surface area contributed by atoms with Crippen molar-refractivity contribution < 1.29 is 14.1 Å². The summed E-state index contributed by atoms with van der Waals surface area (Å²) in [5.74, 6) is 0.811. The van der Waals surface area contributed by atoms with Crippen molar-refractivity contribution in [3.05, 3.63) is 50.6 Å². The standard InChI is InChI=1S/C17H14BrN3O3S/c1-9-19-16(24-21-9)14-12-5-6-23-8-13(12)25-17(14)20-15(22)10-3-2-4-11(18)7-10/h2-4,7H,5-6,8H2,1H3,(H,20,22). The molecular weight excluding hydrogens is 406 g/mol. The highest BCUT2D eigenvalue weighted by atomic mass is 79.9. The minimum atomic E-state index is -0.182. The van der Waals surface area contributed by atoms with Gasteiger partial charge in [0.1, 0.15) is 5.00 Å². The molecule has 1 aliphatic rings. The number of ether oxygens (including phenoxy) is 1. The van der Waals surface area contributed by atoms with E-state index in [2.05, 4.69) is 31.4 Å². The van der Waals surface area contributed by atoms with Crippen molar-refractivity contribution in [2.75, 3.05) is 11.9 Å². The molecule has 0 saturated heterocycles. The molecule has 2 aromatic heterocycles. The van der Waals surface area contributed by atoms with Crippen LogP contribution in [0.4, 0.5) is 5.00 Å². The highest BCUT2D eigenvalue weighted by Gasteiger charge is 2.26. The van der Waals surface area contributed by atoms with Gasteiger partial charge >= 0.3 is 0 Å². The number of halogens is 1. The molecule has 1 aliphatic heterocycles. The fourth-order valence-electron chi connectivity index (χ4n) is 2.75. The summed E-state index contributed by atoms with van der Waals surface area (Å²) in [5.41, 5.74) is 2.50. The number of carbonyl (C=O) groups excluding carboxylic acids is 1. The van der Waals surface area contributed by atoms with Gasteiger partial charge in [-0.3, -0.25) is 4.79 Å². The smallest absolute Gasteiger partial charge is 0.261 e. The maximum absolute atomic E-state index is 12.6. The molecule has 4 rings (SSSR count). The van der Waals surface area contributed by atoms with E-state index in [1.54, 1.807) is 19.1 Å². The second kappa shape index (κ2) is 6.70. The van der Waals surface area contributed by atoms with Crippen molar-refractivity contribution in [2.45, 2.75) is 20.0 Å². The van der Waals surface area contributed by atoms with Crippen molar-refractivity contribution in [3.63, 3.8) is 0 Å². The molecule has 0 spiro atoms. The molecule has 0 aliphatic carbocycles. The van der Waals surface area contributed by atoms with Gasteiger partial charge in [-0.2, -0.15) is 4.98 Å². The van der Waals surface area contributed by atoms with Crippen LogP contribution in [0.25, 0.3) is 11.5 Å². The lowest BCUT2D eigenvalue weighted by atomic mass is 10.1. The third-order valence-electron chi connectivity index (χ3n) is 3.88. The monoisotopic (exact) mass is 419 g/mol. The van der Waals surface area contributed by atoms with Crippen LogP contribution < -0.4 is 5.32 Å². The average Bonchev–Trinajstić information content (AvgIpc) is 3.17. The number of anilines is 1. The molecule has 3 heterocycles. The van der Waals surface area contributed by atoms with Crippen molar-refractivity contribution >= 4 is 38.2 Å². The maximum atomic E-state index is 12.6. The summed E-state index contributed by atoms with van der Waals surface area (Å²) < 4.78 is 11.8. The van der Waals surface area contributed by atoms with E-state index in [-0.39, 0.29) is 5.91 Å². The molecule has 25 heavy (non-hydrogen) atoms. The molecule has 6 nitrogen and oxygen atoms in total. The van der Waals surface area contributed by atoms with Crippen LogP contribution in [0, 0.1) is 6.92 Å². The number of nitrogens with one attached hydrogen (secondary N) is 1. The quantitative estimate of drug-likeness (QED) is 0.688. The summed E-state index contributed by atoms with van der Waals surface area (Å²) in [6.07, 6.45) is 0.759. The Morgan fingerprint density at radius 3 is 3.04 bits per heavy atom. The van der Waals surface area contributed by atoms with E-state index in [9.17, 15) is 4.79 Å². The van der Waals surface area contributed by atoms with Crippen LogP contribution in [0.3, 0.4) is 0 Å². The number of amides is 1. The largest absolute Gasteiger partial charge is 0.376 e. The van der Waals surface area contributed by atoms with E-state index in [1.807, 2.05) is 12.1 Å². The zero-order chi connectivity index (χ0) is 17.4. The number of aryl methyl sites for hydroxylation is 1. The van der Waals surface area contributed by atoms with E-state index < -0.39 is 0 Å². The van der Waals surface area contributed by atoms with Gasteiger partial charge in [0.2, 0.25) is 0 Å². The van der Waals surface area contributed by atoms with E-state index in [1.165, 1.54) is 11.3 Å². The second-order valence-electron chi connectivity index (χ2n) is 5.62. The SMILES string of the molecule is Cc1noc(-c2c(NC(=O)c3cccc(Br)c3)sc3c2CCOC3)n1. The van der Waals surface area contributed by atoms with E-state index >= 15 is 0 Å². The van der Waals surface area contributed by atoms with Gasteiger partial charge in [-0.05, 0) is 37.1 Å². The summed E-state index contributed by atoms with van der Waals surface area (Å²) in [7, 11) is 0. The minimum absolute atomic E-state index is 0.182. The number of nitrogens with zero attached hydrogens (tertiary/aromatic N) is 2. The van der Waals surface area contributed by atoms with Crippen LogP contribution in [0.15, 0.2) is 33.3 Å². The Balaban J connectivity index is 1.74. The van der Waals surface area contributed by atoms with Gasteiger partial charge < -0.3 is 14.6 Å². The van der Waals surface area contributed by atoms with Crippen LogP contribution in [0.2, 0.25) is 0 Å². The molecule has 0 bridgehead atoms. The molecule has 1 N–H and O–H groups in total. The molecule has 0 fully saturated rings. The number of thiophene rings is 1. The Kier molecular flexibility index (Phi) is 4.41. The second-order valence-corrected chi connectivity index (χ2v) is 7.64. The van der Waals surface area contributed by atoms with E-state index in [4.69, 9.17) is 9.26 Å². The molecule has 8 heteroatoms. The predicted octanol–water partition coefficient (Wildman–Crippen LogP) is 4.19. The Morgan fingerprint density at radius 1 is 1.40 bits per heavy atom. The molecular formula is C17H14BrN3O3S. The summed E-state index contributed by atoms with van der Waals surface area (Å²) in [4.78, 5) is 18.1. The van der Waals surface area contributed by atoms with Gasteiger partial charge in [-0.15, -0.1) is 11.3 Å². The molecule has 1 aromatic carbocycles. The molecule has 0 radical (unpaired) electrons. The summed E-state index contributed by atoms with van der Waals surface area (Å²) in [6, 6.07) is 7.26. The van der Waals surface area contributed by atoms with Crippen LogP contribution in [0.1, 0.15) is 26.6 Å². The Morgan fingerprint density at radius 2 is 2.28 bits per heavy atom. The Labute approximate surface area is 156 Å². The first-order chi connectivity index (χ1) is 12.1. The van der Waals surface area contributed by atoms with Crippen molar-refractivity contribution in [1.82, 2.24) is 10.1 Å². The normalized spacial score (nSPS) is 13.5. The minimum Gasteiger partial charge on any atom is -0.376 e. The van der Waals surface area contributed by atoms with Crippen molar-refractivity contribution in [2.24, 2.45) is 0 Å². The van der Waals surface area contributed by atoms with Crippen molar-refractivity contribution in [3.8, 4) is 11.5 Å². The number of carbonyl (C=O) groups is 1. The fourth-order valence-corrected chi connectivity index (χ4v) is 4.32. The first-order valence-corrected chi connectivity index (χ1v) is 9.32. The van der Waals surface area contributed by atoms with E-state index in [0.29, 0.717) is 35.5 Å². The highest BCUT2D eigenvalue weighted by molar-refractivity contribution is 9.10. The number of benzene rings is 1. The number of hydrogen-bond donors (Lipinski definition) is 1. The number of rotatable bonds is 3. The molecule has 0 saturated carbocycles. The topological polar surface area (TPSA) is 77.2 Å². The summed E-state index contributed by atoms with van der Waals surface area (Å²) in [6.45, 7) is 2.95. The summed E-state index contributed by atoms with van der Waals surface area (Å²) in [5, 5.41) is 7.59. The lowest BCUT2D eigenvalue weighted by Gasteiger charge is -2.12. The van der Waals surface area contributed by atoms with Gasteiger partial charge in [0, 0.05) is 14.9 Å². The first-order valence-electron chi connectivity index (χ1n) is 7.71. The number of fused-ring (bicyclic) bond motifs is 1. The van der Waals surface area contributed by atoms with Gasteiger partial charge in [0.15, 0.2) is 5.82 Å². The van der Waals surface area contributed by atoms with Crippen LogP contribution >= 0.6 is 27.3 Å². The molecule has 1 amide bonds. The van der Waals surface area contributed by atoms with Gasteiger partial charge in [-0.1, -0.05) is 27.2 Å². The third-order valence-corrected chi connectivity index (χ3v) is 5.49. The number of hydrogen-bond acceptors (Lipinski definition) is 6. The van der Waals surface area contributed by atoms with Gasteiger partial charge in [0.05, 0.1) is 18.8 Å². The van der Waals surface area contributed by atoms with Gasteiger partial charge in [-0.25, -0.2) is 0 Å². The molecule has 128 valence electrons. The van der Waals surface area contributed by atoms with Crippen molar-refractivity contribution in [1.29, 1.82) is 0 Å². The first kappa shape index (κ1) is 16.4. The predicted molar refractivity (Wildman–Crippen MR) is 97.8 cm³/mol. The third kappa shape index (κ3) is 3.24. The van der Waals surface area contributed by atoms with E-state index in [0.717, 1.165) is 26.9 Å². The lowest BCUT2D eigenvalue weighted by Crippen LogP contribution is -2.12. The number of aromatic nitrogens is 2. The lowest BCUT2D eigenvalue weighted by molar-refractivity contribution is 0.102. The van der Waals surface area contributed by atoms with Crippen LogP contribution in [-0.4, -0.2) is 22.7 Å². The Hall–Kier alpha value is -2.03. The maximum Gasteiger partial charge on any atom is 0.261 e. The zero-order valence-corrected chi connectivity index (χ0v) is 15.7. The summed E-state index contributed by atoms with van der Waals surface area (Å²) >= 11 is 4.89. The zero-order valence-electron chi connectivity index (χ0n) is 13.3. The molecule has 0 atom stereocenters. The highest BCUT2D eigenvalue weighted by Crippen LogP contribution is 2.42. The van der Waals surface area contributed by atoms with Crippen LogP contribution in [0.5, 0.6) is 0 Å². The van der Waals surface area contributed by atoms with Gasteiger partial charge in [0.25, 0.3) is 11.8 Å². The molecule has 3 aromatic rings. The molecule has 0 unspecified atom stereocenters. The average molecular weight is 420 g/mol. The fraction of sp³-hybridized carbons (Fsp3) is 0.235. The Bertz CT molecular complexity index is 951. The van der Waals surface area contributed by atoms with Crippen LogP contribution in [-0.2, 0) is 17.8 Å².